The van der Waals surface area contributed by atoms with Gasteiger partial charge >= 0.3 is 0 Å². The molecule has 29 heavy (non-hydrogen) atoms. The fourth-order valence-electron chi connectivity index (χ4n) is 2.38. The number of amides is 1. The maximum Gasteiger partial charge on any atom is 0.255 e. The summed E-state index contributed by atoms with van der Waals surface area (Å²) in [5.41, 5.74) is 3.29. The molecule has 1 aliphatic rings. The first kappa shape index (κ1) is 24.6. The predicted octanol–water partition coefficient (Wildman–Crippen LogP) is 6.55. The summed E-state index contributed by atoms with van der Waals surface area (Å²) in [6, 6.07) is 15.0. The summed E-state index contributed by atoms with van der Waals surface area (Å²) < 4.78 is 7.04. The van der Waals surface area contributed by atoms with E-state index in [2.05, 4.69) is 28.5 Å². The Morgan fingerprint density at radius 3 is 2.28 bits per heavy atom. The van der Waals surface area contributed by atoms with E-state index in [4.69, 9.17) is 4.74 Å². The van der Waals surface area contributed by atoms with Crippen LogP contribution >= 0.6 is 11.9 Å². The lowest BCUT2D eigenvalue weighted by molar-refractivity contribution is 0.102. The van der Waals surface area contributed by atoms with E-state index in [1.165, 1.54) is 19.2 Å². The average Bonchev–Trinajstić information content (AvgIpc) is 3.30. The second-order valence-electron chi connectivity index (χ2n) is 6.01. The number of methoxy groups -OCH3 is 1. The molecule has 1 amide bonds. The van der Waals surface area contributed by atoms with Crippen molar-refractivity contribution in [2.45, 2.75) is 40.5 Å². The Labute approximate surface area is 179 Å². The van der Waals surface area contributed by atoms with Gasteiger partial charge in [0.2, 0.25) is 0 Å². The molecular formula is C23H33N3O2S. The van der Waals surface area contributed by atoms with E-state index in [0.29, 0.717) is 5.56 Å². The highest BCUT2D eigenvalue weighted by molar-refractivity contribution is 8.00. The maximum atomic E-state index is 12.3. The minimum absolute atomic E-state index is 0.122. The SMILES string of the molecule is CC.CCC.COC=Nc1ccc(NC(=O)c2ccc(N3CCCS3)cc2)cc1. The first-order chi connectivity index (χ1) is 14.2. The van der Waals surface area contributed by atoms with E-state index < -0.39 is 0 Å². The Morgan fingerprint density at radius 1 is 1.14 bits per heavy atom. The van der Waals surface area contributed by atoms with Gasteiger partial charge in [-0.05, 0) is 66.9 Å². The summed E-state index contributed by atoms with van der Waals surface area (Å²) in [7, 11) is 1.55. The molecular weight excluding hydrogens is 382 g/mol. The van der Waals surface area contributed by atoms with Crippen molar-refractivity contribution in [1.82, 2.24) is 0 Å². The number of aliphatic imine (C=N–C) groups is 1. The highest BCUT2D eigenvalue weighted by atomic mass is 32.2. The van der Waals surface area contributed by atoms with E-state index in [0.717, 1.165) is 29.4 Å². The molecule has 2 aromatic rings. The number of ether oxygens (including phenoxy) is 1. The largest absolute Gasteiger partial charge is 0.486 e. The zero-order chi connectivity index (χ0) is 21.5. The van der Waals surface area contributed by atoms with Crippen molar-refractivity contribution >= 4 is 41.3 Å². The number of benzene rings is 2. The number of carbonyl (C=O) groups excluding carboxylic acids is 1. The third kappa shape index (κ3) is 8.60. The molecule has 0 saturated carbocycles. The highest BCUT2D eigenvalue weighted by Gasteiger charge is 2.14. The van der Waals surface area contributed by atoms with Crippen molar-refractivity contribution in [1.29, 1.82) is 0 Å². The van der Waals surface area contributed by atoms with Gasteiger partial charge in [0.15, 0.2) is 6.40 Å². The molecule has 3 rings (SSSR count). The number of rotatable bonds is 5. The number of carbonyl (C=O) groups is 1. The van der Waals surface area contributed by atoms with Gasteiger partial charge in [-0.2, -0.15) is 0 Å². The Morgan fingerprint density at radius 2 is 1.76 bits per heavy atom. The average molecular weight is 416 g/mol. The van der Waals surface area contributed by atoms with Crippen molar-refractivity contribution < 1.29 is 9.53 Å². The number of nitrogens with one attached hydrogen (secondary N) is 1. The van der Waals surface area contributed by atoms with Crippen LogP contribution in [0.3, 0.4) is 0 Å². The van der Waals surface area contributed by atoms with Crippen LogP contribution in [0.1, 0.15) is 50.9 Å². The van der Waals surface area contributed by atoms with E-state index in [9.17, 15) is 4.79 Å². The molecule has 1 heterocycles. The lowest BCUT2D eigenvalue weighted by atomic mass is 10.2. The molecule has 0 bridgehead atoms. The summed E-state index contributed by atoms with van der Waals surface area (Å²) in [4.78, 5) is 16.4. The molecule has 6 heteroatoms. The van der Waals surface area contributed by atoms with Crippen molar-refractivity contribution in [3.63, 3.8) is 0 Å². The number of hydrogen-bond acceptors (Lipinski definition) is 5. The Kier molecular flexibility index (Phi) is 12.3. The van der Waals surface area contributed by atoms with Gasteiger partial charge in [0, 0.05) is 29.2 Å². The van der Waals surface area contributed by atoms with Gasteiger partial charge in [-0.15, -0.1) is 0 Å². The molecule has 0 spiro atoms. The van der Waals surface area contributed by atoms with Crippen LogP contribution in [0.2, 0.25) is 0 Å². The van der Waals surface area contributed by atoms with Crippen LogP contribution in [0.25, 0.3) is 0 Å². The quantitative estimate of drug-likeness (QED) is 0.342. The minimum Gasteiger partial charge on any atom is -0.486 e. The zero-order valence-electron chi connectivity index (χ0n) is 18.1. The second kappa shape index (κ2) is 14.5. The minimum atomic E-state index is -0.122. The molecule has 0 aliphatic carbocycles. The van der Waals surface area contributed by atoms with Gasteiger partial charge < -0.3 is 14.4 Å². The van der Waals surface area contributed by atoms with Crippen LogP contribution in [0.4, 0.5) is 17.1 Å². The summed E-state index contributed by atoms with van der Waals surface area (Å²) in [5.74, 6) is 1.04. The smallest absolute Gasteiger partial charge is 0.255 e. The molecule has 0 unspecified atom stereocenters. The molecule has 1 saturated heterocycles. The van der Waals surface area contributed by atoms with Crippen LogP contribution in [-0.4, -0.2) is 31.7 Å². The lowest BCUT2D eigenvalue weighted by Crippen LogP contribution is -2.13. The molecule has 1 aliphatic heterocycles. The fourth-order valence-corrected chi connectivity index (χ4v) is 3.39. The molecule has 5 nitrogen and oxygen atoms in total. The Balaban J connectivity index is 0.000000771. The van der Waals surface area contributed by atoms with E-state index >= 15 is 0 Å². The molecule has 0 aromatic heterocycles. The third-order valence-electron chi connectivity index (χ3n) is 3.60. The van der Waals surface area contributed by atoms with Gasteiger partial charge in [0.25, 0.3) is 5.91 Å². The van der Waals surface area contributed by atoms with Crippen molar-refractivity contribution in [3.05, 3.63) is 54.1 Å². The maximum absolute atomic E-state index is 12.3. The van der Waals surface area contributed by atoms with E-state index in [1.54, 1.807) is 7.11 Å². The Hall–Kier alpha value is -2.47. The van der Waals surface area contributed by atoms with Gasteiger partial charge in [0.1, 0.15) is 0 Å². The van der Waals surface area contributed by atoms with Crippen molar-refractivity contribution in [2.75, 3.05) is 29.0 Å². The monoisotopic (exact) mass is 415 g/mol. The highest BCUT2D eigenvalue weighted by Crippen LogP contribution is 2.28. The third-order valence-corrected chi connectivity index (χ3v) is 4.78. The first-order valence-electron chi connectivity index (χ1n) is 10.1. The van der Waals surface area contributed by atoms with Crippen LogP contribution in [0.15, 0.2) is 53.5 Å². The summed E-state index contributed by atoms with van der Waals surface area (Å²) in [5, 5.41) is 2.89. The number of hydrogen-bond donors (Lipinski definition) is 1. The van der Waals surface area contributed by atoms with Gasteiger partial charge in [-0.3, -0.25) is 4.79 Å². The standard InChI is InChI=1S/C18H19N3O2S.C3H8.C2H6/c1-23-13-19-15-5-7-16(8-6-15)20-18(22)14-3-9-17(10-4-14)21-11-2-12-24-21;1-3-2;1-2/h3-10,13H,2,11-12H2,1H3,(H,20,22);3H2,1-2H3;1-2H3. The molecule has 0 atom stereocenters. The first-order valence-corrected chi connectivity index (χ1v) is 11.1. The van der Waals surface area contributed by atoms with Crippen LogP contribution in [0.5, 0.6) is 0 Å². The zero-order valence-corrected chi connectivity index (χ0v) is 19.0. The molecule has 1 fully saturated rings. The van der Waals surface area contributed by atoms with Crippen molar-refractivity contribution in [2.24, 2.45) is 4.99 Å². The van der Waals surface area contributed by atoms with Crippen molar-refractivity contribution in [3.8, 4) is 0 Å². The summed E-state index contributed by atoms with van der Waals surface area (Å²) in [6.45, 7) is 9.31. The topological polar surface area (TPSA) is 53.9 Å². The van der Waals surface area contributed by atoms with Gasteiger partial charge in [0.05, 0.1) is 12.8 Å². The van der Waals surface area contributed by atoms with Crippen LogP contribution < -0.4 is 9.62 Å². The van der Waals surface area contributed by atoms with Gasteiger partial charge in [-0.25, -0.2) is 4.99 Å². The number of nitrogens with zero attached hydrogens (tertiary/aromatic N) is 2. The van der Waals surface area contributed by atoms with Gasteiger partial charge in [-0.1, -0.05) is 34.1 Å². The molecule has 158 valence electrons. The molecule has 1 N–H and O–H groups in total. The second-order valence-corrected chi connectivity index (χ2v) is 7.12. The summed E-state index contributed by atoms with van der Waals surface area (Å²) >= 11 is 1.83. The number of anilines is 2. The molecule has 2 aromatic carbocycles. The predicted molar refractivity (Wildman–Crippen MR) is 128 cm³/mol. The summed E-state index contributed by atoms with van der Waals surface area (Å²) in [6.07, 6.45) is 3.82. The molecule has 0 radical (unpaired) electrons. The fraction of sp³-hybridized carbons (Fsp3) is 0.391. The van der Waals surface area contributed by atoms with E-state index in [-0.39, 0.29) is 5.91 Å². The van der Waals surface area contributed by atoms with Crippen LogP contribution in [0, 0.1) is 0 Å². The normalized spacial score (nSPS) is 12.5. The Bertz CT molecular complexity index is 725. The lowest BCUT2D eigenvalue weighted by Gasteiger charge is -2.16. The van der Waals surface area contributed by atoms with E-state index in [1.807, 2.05) is 74.3 Å². The van der Waals surface area contributed by atoms with Crippen LogP contribution in [-0.2, 0) is 4.74 Å².